The van der Waals surface area contributed by atoms with E-state index >= 15 is 0 Å². The van der Waals surface area contributed by atoms with Crippen molar-refractivity contribution in [1.82, 2.24) is 20.3 Å². The van der Waals surface area contributed by atoms with E-state index in [0.29, 0.717) is 16.6 Å². The molecule has 0 spiro atoms. The molecule has 1 amide bonds. The molecule has 0 radical (unpaired) electrons. The van der Waals surface area contributed by atoms with Crippen molar-refractivity contribution in [2.45, 2.75) is 6.54 Å². The minimum atomic E-state index is -0.155. The Balaban J connectivity index is 1.39. The van der Waals surface area contributed by atoms with Gasteiger partial charge in [0.05, 0.1) is 23.3 Å². The zero-order valence-electron chi connectivity index (χ0n) is 14.9. The summed E-state index contributed by atoms with van der Waals surface area (Å²) in [6.07, 6.45) is 7.24. The molecular formula is C21H17N5OS. The molecule has 28 heavy (non-hydrogen) atoms. The van der Waals surface area contributed by atoms with E-state index in [2.05, 4.69) is 20.6 Å². The molecule has 2 heterocycles. The molecule has 1 saturated heterocycles. The van der Waals surface area contributed by atoms with Crippen molar-refractivity contribution in [3.8, 4) is 0 Å². The fourth-order valence-corrected chi connectivity index (χ4v) is 3.38. The number of nitrogens with zero attached hydrogens (tertiary/aromatic N) is 4. The van der Waals surface area contributed by atoms with Crippen LogP contribution in [0.5, 0.6) is 0 Å². The number of carbonyl (C=O) groups excluding carboxylic acids is 1. The zero-order valence-corrected chi connectivity index (χ0v) is 15.7. The first-order valence-electron chi connectivity index (χ1n) is 8.72. The monoisotopic (exact) mass is 387 g/mol. The van der Waals surface area contributed by atoms with Gasteiger partial charge >= 0.3 is 0 Å². The van der Waals surface area contributed by atoms with E-state index in [0.717, 1.165) is 16.9 Å². The highest BCUT2D eigenvalue weighted by Gasteiger charge is 2.22. The summed E-state index contributed by atoms with van der Waals surface area (Å²) < 4.78 is 1.78. The smallest absolute Gasteiger partial charge is 0.264 e. The molecule has 0 saturated carbocycles. The highest BCUT2D eigenvalue weighted by atomic mass is 32.2. The Bertz CT molecular complexity index is 1050. The number of thioether (sulfide) groups is 1. The van der Waals surface area contributed by atoms with E-state index < -0.39 is 0 Å². The van der Waals surface area contributed by atoms with Crippen LogP contribution in [0.1, 0.15) is 11.3 Å². The molecule has 3 aromatic rings. The fraction of sp³-hybridized carbons (Fsp3) is 0.0476. The van der Waals surface area contributed by atoms with Gasteiger partial charge in [0.1, 0.15) is 5.69 Å². The van der Waals surface area contributed by atoms with Crippen LogP contribution >= 0.6 is 11.8 Å². The van der Waals surface area contributed by atoms with Crippen molar-refractivity contribution in [3.05, 3.63) is 95.2 Å². The number of amides is 1. The van der Waals surface area contributed by atoms with Gasteiger partial charge in [0, 0.05) is 0 Å². The third-order valence-corrected chi connectivity index (χ3v) is 4.82. The van der Waals surface area contributed by atoms with Crippen LogP contribution in [0.3, 0.4) is 0 Å². The quantitative estimate of drug-likeness (QED) is 0.677. The second-order valence-corrected chi connectivity index (χ2v) is 7.06. The van der Waals surface area contributed by atoms with Crippen LogP contribution in [0.2, 0.25) is 0 Å². The van der Waals surface area contributed by atoms with Crippen molar-refractivity contribution in [2.24, 2.45) is 4.99 Å². The van der Waals surface area contributed by atoms with E-state index in [-0.39, 0.29) is 5.91 Å². The summed E-state index contributed by atoms with van der Waals surface area (Å²) in [5.74, 6) is -0.155. The molecule has 1 fully saturated rings. The van der Waals surface area contributed by atoms with Crippen molar-refractivity contribution < 1.29 is 4.79 Å². The first kappa shape index (κ1) is 17.9. The molecule has 0 unspecified atom stereocenters. The maximum Gasteiger partial charge on any atom is 0.264 e. The second-order valence-electron chi connectivity index (χ2n) is 6.03. The van der Waals surface area contributed by atoms with Crippen LogP contribution in [-0.2, 0) is 11.3 Å². The molecule has 1 aliphatic rings. The Hall–Kier alpha value is -3.45. The number of benzene rings is 2. The van der Waals surface area contributed by atoms with Crippen molar-refractivity contribution in [1.29, 1.82) is 0 Å². The lowest BCUT2D eigenvalue weighted by molar-refractivity contribution is -0.115. The van der Waals surface area contributed by atoms with E-state index in [9.17, 15) is 4.79 Å². The molecule has 6 nitrogen and oxygen atoms in total. The standard InChI is InChI=1S/C21H17N5OS/c27-20-19(28-21(23-20)22-17-10-5-2-6-11-17)13-7-12-18-15-26(25-24-18)14-16-8-3-1-4-9-16/h1-13,15H,14H2,(H,22,23,27)/b12-7+,19-13-. The molecule has 0 atom stereocenters. The number of amidine groups is 1. The van der Waals surface area contributed by atoms with E-state index in [1.54, 1.807) is 16.8 Å². The van der Waals surface area contributed by atoms with E-state index in [4.69, 9.17) is 0 Å². The largest absolute Gasteiger partial charge is 0.300 e. The van der Waals surface area contributed by atoms with Crippen LogP contribution in [0, 0.1) is 0 Å². The number of aliphatic imine (C=N–C) groups is 1. The number of rotatable bonds is 5. The summed E-state index contributed by atoms with van der Waals surface area (Å²) in [5, 5.41) is 11.6. The molecule has 138 valence electrons. The molecule has 1 N–H and O–H groups in total. The summed E-state index contributed by atoms with van der Waals surface area (Å²) in [6.45, 7) is 0.667. The van der Waals surface area contributed by atoms with Gasteiger partial charge in [-0.2, -0.15) is 0 Å². The van der Waals surface area contributed by atoms with Gasteiger partial charge in [-0.15, -0.1) is 5.10 Å². The van der Waals surface area contributed by atoms with Gasteiger partial charge in [-0.05, 0) is 41.6 Å². The molecular weight excluding hydrogens is 370 g/mol. The van der Waals surface area contributed by atoms with Crippen LogP contribution in [-0.4, -0.2) is 26.1 Å². The maximum atomic E-state index is 12.1. The first-order chi connectivity index (χ1) is 13.8. The Morgan fingerprint density at radius 1 is 1.07 bits per heavy atom. The average molecular weight is 387 g/mol. The van der Waals surface area contributed by atoms with Gasteiger partial charge in [0.15, 0.2) is 5.17 Å². The summed E-state index contributed by atoms with van der Waals surface area (Å²) in [4.78, 5) is 17.1. The molecule has 4 rings (SSSR count). The van der Waals surface area contributed by atoms with Crippen LogP contribution in [0.25, 0.3) is 6.08 Å². The van der Waals surface area contributed by atoms with Gasteiger partial charge in [-0.1, -0.05) is 59.8 Å². The Morgan fingerprint density at radius 3 is 2.61 bits per heavy atom. The van der Waals surface area contributed by atoms with Crippen LogP contribution in [0.15, 0.2) is 88.9 Å². The zero-order chi connectivity index (χ0) is 19.2. The summed E-state index contributed by atoms with van der Waals surface area (Å²) in [5.41, 5.74) is 2.70. The van der Waals surface area contributed by atoms with Gasteiger partial charge in [-0.25, -0.2) is 9.67 Å². The number of carbonyl (C=O) groups is 1. The minimum absolute atomic E-state index is 0.155. The van der Waals surface area contributed by atoms with E-state index in [1.165, 1.54) is 11.8 Å². The number of para-hydroxylation sites is 1. The topological polar surface area (TPSA) is 72.2 Å². The Morgan fingerprint density at radius 2 is 1.82 bits per heavy atom. The van der Waals surface area contributed by atoms with Crippen LogP contribution in [0.4, 0.5) is 5.69 Å². The van der Waals surface area contributed by atoms with Crippen molar-refractivity contribution in [3.63, 3.8) is 0 Å². The van der Waals surface area contributed by atoms with Gasteiger partial charge in [-0.3, -0.25) is 4.79 Å². The SMILES string of the molecule is O=C1NC(=Nc2ccccc2)S/C1=C\C=C\c1cn(Cc2ccccc2)nn1. The molecule has 0 aliphatic carbocycles. The lowest BCUT2D eigenvalue weighted by atomic mass is 10.2. The molecule has 2 aromatic carbocycles. The summed E-state index contributed by atoms with van der Waals surface area (Å²) >= 11 is 1.31. The third-order valence-electron chi connectivity index (χ3n) is 3.90. The average Bonchev–Trinajstić information content (AvgIpc) is 3.30. The lowest BCUT2D eigenvalue weighted by Crippen LogP contribution is -2.19. The van der Waals surface area contributed by atoms with Gasteiger partial charge in [0.25, 0.3) is 5.91 Å². The number of hydrogen-bond acceptors (Lipinski definition) is 5. The van der Waals surface area contributed by atoms with Gasteiger partial charge < -0.3 is 5.32 Å². The molecule has 7 heteroatoms. The second kappa shape index (κ2) is 8.49. The predicted octanol–water partition coefficient (Wildman–Crippen LogP) is 3.77. The molecule has 1 aliphatic heterocycles. The Kier molecular flexibility index (Phi) is 5.44. The Labute approximate surface area is 166 Å². The normalized spacial score (nSPS) is 16.9. The van der Waals surface area contributed by atoms with Gasteiger partial charge in [0.2, 0.25) is 0 Å². The maximum absolute atomic E-state index is 12.1. The number of aromatic nitrogens is 3. The molecule has 1 aromatic heterocycles. The summed E-state index contributed by atoms with van der Waals surface area (Å²) in [7, 11) is 0. The van der Waals surface area contributed by atoms with E-state index in [1.807, 2.05) is 72.9 Å². The first-order valence-corrected chi connectivity index (χ1v) is 9.53. The minimum Gasteiger partial charge on any atom is -0.300 e. The third kappa shape index (κ3) is 4.63. The lowest BCUT2D eigenvalue weighted by Gasteiger charge is -1.98. The van der Waals surface area contributed by atoms with Crippen molar-refractivity contribution >= 4 is 34.6 Å². The predicted molar refractivity (Wildman–Crippen MR) is 112 cm³/mol. The highest BCUT2D eigenvalue weighted by Crippen LogP contribution is 2.26. The van der Waals surface area contributed by atoms with Crippen LogP contribution < -0.4 is 5.32 Å². The highest BCUT2D eigenvalue weighted by molar-refractivity contribution is 8.18. The summed E-state index contributed by atoms with van der Waals surface area (Å²) in [6, 6.07) is 19.6. The fourth-order valence-electron chi connectivity index (χ4n) is 2.59. The number of nitrogens with one attached hydrogen (secondary N) is 1. The number of hydrogen-bond donors (Lipinski definition) is 1. The number of allylic oxidation sites excluding steroid dienone is 2. The van der Waals surface area contributed by atoms with Crippen molar-refractivity contribution in [2.75, 3.05) is 0 Å². The molecule has 0 bridgehead atoms.